The van der Waals surface area contributed by atoms with Crippen LogP contribution in [0.5, 0.6) is 0 Å². The average molecular weight is 235 g/mol. The van der Waals surface area contributed by atoms with E-state index in [1.165, 1.54) is 11.8 Å². The van der Waals surface area contributed by atoms with E-state index >= 15 is 0 Å². The Labute approximate surface area is 95.7 Å². The lowest BCUT2D eigenvalue weighted by Crippen LogP contribution is -2.10. The van der Waals surface area contributed by atoms with E-state index < -0.39 is 5.91 Å². The number of nitrogens with zero attached hydrogens (tertiary/aromatic N) is 3. The van der Waals surface area contributed by atoms with E-state index in [0.29, 0.717) is 16.5 Å². The fourth-order valence-electron chi connectivity index (χ4n) is 1.17. The van der Waals surface area contributed by atoms with E-state index in [2.05, 4.69) is 20.2 Å². The predicted molar refractivity (Wildman–Crippen MR) is 59.9 cm³/mol. The summed E-state index contributed by atoms with van der Waals surface area (Å²) < 4.78 is 0. The third kappa shape index (κ3) is 2.03. The summed E-state index contributed by atoms with van der Waals surface area (Å²) in [5.41, 5.74) is 6.62. The highest BCUT2D eigenvalue weighted by molar-refractivity contribution is 7.98. The van der Waals surface area contributed by atoms with Gasteiger partial charge >= 0.3 is 0 Å². The van der Waals surface area contributed by atoms with Crippen LogP contribution in [0.1, 0.15) is 10.5 Å². The van der Waals surface area contributed by atoms with Crippen molar-refractivity contribution in [1.29, 1.82) is 0 Å². The smallest absolute Gasteiger partial charge is 0.269 e. The first-order chi connectivity index (χ1) is 7.70. The minimum atomic E-state index is -0.568. The maximum Gasteiger partial charge on any atom is 0.269 e. The number of aromatic amines is 1. The lowest BCUT2D eigenvalue weighted by molar-refractivity contribution is 0.0995. The van der Waals surface area contributed by atoms with Gasteiger partial charge in [-0.1, -0.05) is 11.8 Å². The highest BCUT2D eigenvalue weighted by atomic mass is 32.2. The maximum absolute atomic E-state index is 10.9. The Morgan fingerprint density at radius 2 is 2.38 bits per heavy atom. The predicted octanol–water partition coefficient (Wildman–Crippen LogP) is 0.687. The molecule has 7 heteroatoms. The number of hydrogen-bond acceptors (Lipinski definition) is 5. The van der Waals surface area contributed by atoms with Crippen molar-refractivity contribution in [2.24, 2.45) is 5.73 Å². The second-order valence-corrected chi connectivity index (χ2v) is 3.73. The van der Waals surface area contributed by atoms with Crippen molar-refractivity contribution >= 4 is 17.7 Å². The largest absolute Gasteiger partial charge is 0.364 e. The van der Waals surface area contributed by atoms with E-state index in [1.54, 1.807) is 18.3 Å². The van der Waals surface area contributed by atoms with Crippen LogP contribution in [-0.2, 0) is 0 Å². The summed E-state index contributed by atoms with van der Waals surface area (Å²) in [6, 6.07) is 3.30. The summed E-state index contributed by atoms with van der Waals surface area (Å²) in [5.74, 6) is -0.568. The molecule has 3 N–H and O–H groups in total. The SMILES string of the molecule is CSc1nccc(-c2cc(C(N)=O)n[nH]2)n1. The quantitative estimate of drug-likeness (QED) is 0.602. The maximum atomic E-state index is 10.9. The van der Waals surface area contributed by atoms with Crippen LogP contribution in [-0.4, -0.2) is 32.3 Å². The molecule has 0 aliphatic carbocycles. The van der Waals surface area contributed by atoms with Crippen LogP contribution < -0.4 is 5.73 Å². The standard InChI is InChI=1S/C9H9N5OS/c1-16-9-11-3-2-5(12-9)6-4-7(8(10)15)14-13-6/h2-4H,1H3,(H2,10,15)(H,13,14). The van der Waals surface area contributed by atoms with Gasteiger partial charge < -0.3 is 5.73 Å². The fraction of sp³-hybridized carbons (Fsp3) is 0.111. The molecule has 0 radical (unpaired) electrons. The van der Waals surface area contributed by atoms with E-state index in [4.69, 9.17) is 5.73 Å². The molecule has 2 heterocycles. The number of carbonyl (C=O) groups is 1. The first-order valence-electron chi connectivity index (χ1n) is 4.43. The van der Waals surface area contributed by atoms with Crippen molar-refractivity contribution in [2.75, 3.05) is 6.26 Å². The number of nitrogens with two attached hydrogens (primary N) is 1. The molecule has 0 unspecified atom stereocenters. The summed E-state index contributed by atoms with van der Waals surface area (Å²) in [6.45, 7) is 0. The molecule has 0 saturated heterocycles. The molecule has 0 bridgehead atoms. The molecule has 2 aromatic rings. The summed E-state index contributed by atoms with van der Waals surface area (Å²) >= 11 is 1.44. The van der Waals surface area contributed by atoms with E-state index in [1.807, 2.05) is 6.26 Å². The van der Waals surface area contributed by atoms with Gasteiger partial charge in [0, 0.05) is 6.20 Å². The lowest BCUT2D eigenvalue weighted by Gasteiger charge is -1.97. The Morgan fingerprint density at radius 3 is 3.00 bits per heavy atom. The zero-order valence-electron chi connectivity index (χ0n) is 8.47. The van der Waals surface area contributed by atoms with Crippen molar-refractivity contribution in [2.45, 2.75) is 5.16 Å². The number of hydrogen-bond donors (Lipinski definition) is 2. The van der Waals surface area contributed by atoms with Crippen LogP contribution in [0.3, 0.4) is 0 Å². The number of rotatable bonds is 3. The molecule has 2 rings (SSSR count). The molecule has 0 aromatic carbocycles. The van der Waals surface area contributed by atoms with Gasteiger partial charge in [-0.15, -0.1) is 0 Å². The number of carbonyl (C=O) groups excluding carboxylic acids is 1. The van der Waals surface area contributed by atoms with Gasteiger partial charge in [0.1, 0.15) is 5.69 Å². The summed E-state index contributed by atoms with van der Waals surface area (Å²) in [6.07, 6.45) is 3.54. The number of amides is 1. The molecule has 0 saturated carbocycles. The van der Waals surface area contributed by atoms with Crippen LogP contribution in [0.2, 0.25) is 0 Å². The van der Waals surface area contributed by atoms with Crippen LogP contribution in [0.25, 0.3) is 11.4 Å². The Balaban J connectivity index is 2.38. The molecule has 0 atom stereocenters. The minimum Gasteiger partial charge on any atom is -0.364 e. The highest BCUT2D eigenvalue weighted by Gasteiger charge is 2.09. The van der Waals surface area contributed by atoms with Gasteiger partial charge in [-0.05, 0) is 18.4 Å². The highest BCUT2D eigenvalue weighted by Crippen LogP contribution is 2.17. The molecule has 0 aliphatic heterocycles. The van der Waals surface area contributed by atoms with Gasteiger partial charge in [0.2, 0.25) is 0 Å². The number of aromatic nitrogens is 4. The molecule has 0 fully saturated rings. The van der Waals surface area contributed by atoms with E-state index in [-0.39, 0.29) is 5.69 Å². The zero-order valence-corrected chi connectivity index (χ0v) is 9.28. The third-order valence-electron chi connectivity index (χ3n) is 1.92. The summed E-state index contributed by atoms with van der Waals surface area (Å²) in [5, 5.41) is 7.15. The molecular formula is C9H9N5OS. The first kappa shape index (κ1) is 10.6. The normalized spacial score (nSPS) is 10.3. The molecule has 6 nitrogen and oxygen atoms in total. The van der Waals surface area contributed by atoms with Crippen LogP contribution in [0.15, 0.2) is 23.5 Å². The Kier molecular flexibility index (Phi) is 2.86. The molecule has 1 amide bonds. The summed E-state index contributed by atoms with van der Waals surface area (Å²) in [7, 11) is 0. The molecule has 0 spiro atoms. The molecule has 16 heavy (non-hydrogen) atoms. The lowest BCUT2D eigenvalue weighted by atomic mass is 10.3. The second-order valence-electron chi connectivity index (χ2n) is 2.96. The van der Waals surface area contributed by atoms with Gasteiger partial charge in [0.05, 0.1) is 11.4 Å². The van der Waals surface area contributed by atoms with E-state index in [0.717, 1.165) is 0 Å². The minimum absolute atomic E-state index is 0.194. The van der Waals surface area contributed by atoms with Gasteiger partial charge in [-0.3, -0.25) is 9.89 Å². The van der Waals surface area contributed by atoms with Crippen molar-refractivity contribution in [3.05, 3.63) is 24.0 Å². The van der Waals surface area contributed by atoms with E-state index in [9.17, 15) is 4.79 Å². The Hall–Kier alpha value is -1.89. The topological polar surface area (TPSA) is 97.5 Å². The molecule has 2 aromatic heterocycles. The number of primary amides is 1. The number of thioether (sulfide) groups is 1. The molecule has 82 valence electrons. The molecule has 0 aliphatic rings. The van der Waals surface area contributed by atoms with Crippen LogP contribution >= 0.6 is 11.8 Å². The fourth-order valence-corrected chi connectivity index (χ4v) is 1.52. The Bertz CT molecular complexity index is 524. The number of H-pyrrole nitrogens is 1. The van der Waals surface area contributed by atoms with Gasteiger partial charge in [-0.2, -0.15) is 5.10 Å². The molecular weight excluding hydrogens is 226 g/mol. The average Bonchev–Trinajstić information content (AvgIpc) is 2.78. The monoisotopic (exact) mass is 235 g/mol. The van der Waals surface area contributed by atoms with Crippen LogP contribution in [0.4, 0.5) is 0 Å². The van der Waals surface area contributed by atoms with Gasteiger partial charge in [0.25, 0.3) is 5.91 Å². The van der Waals surface area contributed by atoms with Crippen molar-refractivity contribution < 1.29 is 4.79 Å². The van der Waals surface area contributed by atoms with Crippen molar-refractivity contribution in [3.63, 3.8) is 0 Å². The van der Waals surface area contributed by atoms with Crippen molar-refractivity contribution in [3.8, 4) is 11.4 Å². The van der Waals surface area contributed by atoms with Crippen molar-refractivity contribution in [1.82, 2.24) is 20.2 Å². The number of nitrogens with one attached hydrogen (secondary N) is 1. The van der Waals surface area contributed by atoms with Gasteiger partial charge in [0.15, 0.2) is 5.16 Å². The van der Waals surface area contributed by atoms with Gasteiger partial charge in [-0.25, -0.2) is 9.97 Å². The van der Waals surface area contributed by atoms with Crippen LogP contribution in [0, 0.1) is 0 Å². The zero-order chi connectivity index (χ0) is 11.5. The third-order valence-corrected chi connectivity index (χ3v) is 2.48. The first-order valence-corrected chi connectivity index (χ1v) is 5.66. The Morgan fingerprint density at radius 1 is 1.56 bits per heavy atom. The summed E-state index contributed by atoms with van der Waals surface area (Å²) in [4.78, 5) is 19.2. The second kappa shape index (κ2) is 4.31.